The highest BCUT2D eigenvalue weighted by Gasteiger charge is 2.18. The lowest BCUT2D eigenvalue weighted by Gasteiger charge is -2.19. The van der Waals surface area contributed by atoms with E-state index in [9.17, 15) is 0 Å². The zero-order chi connectivity index (χ0) is 12.3. The van der Waals surface area contributed by atoms with E-state index in [0.29, 0.717) is 6.61 Å². The van der Waals surface area contributed by atoms with Crippen LogP contribution in [0.15, 0.2) is 29.6 Å². The molecule has 0 aliphatic rings. The molecule has 0 saturated carbocycles. The molecule has 0 spiro atoms. The predicted molar refractivity (Wildman–Crippen MR) is 74.6 cm³/mol. The van der Waals surface area contributed by atoms with Crippen LogP contribution >= 0.6 is 22.7 Å². The van der Waals surface area contributed by atoms with E-state index in [0.717, 1.165) is 0 Å². The monoisotopic (exact) mass is 267 g/mol. The Kier molecular flexibility index (Phi) is 4.34. The van der Waals surface area contributed by atoms with Crippen LogP contribution in [0.3, 0.4) is 0 Å². The van der Waals surface area contributed by atoms with Crippen LogP contribution in [0, 0.1) is 6.92 Å². The molecule has 92 valence electrons. The lowest BCUT2D eigenvalue weighted by atomic mass is 10.1. The van der Waals surface area contributed by atoms with E-state index in [-0.39, 0.29) is 12.1 Å². The molecule has 0 saturated heterocycles. The number of rotatable bonds is 5. The molecule has 2 rings (SSSR count). The summed E-state index contributed by atoms with van der Waals surface area (Å²) in [5.74, 6) is 0. The Hall–Kier alpha value is -0.680. The molecule has 2 atom stereocenters. The molecule has 2 nitrogen and oxygen atoms in total. The zero-order valence-corrected chi connectivity index (χ0v) is 11.7. The van der Waals surface area contributed by atoms with Crippen molar-refractivity contribution in [2.24, 2.45) is 5.73 Å². The second-order valence-corrected chi connectivity index (χ2v) is 6.47. The van der Waals surface area contributed by atoms with Gasteiger partial charge in [-0.1, -0.05) is 6.07 Å². The number of ether oxygens (including phenoxy) is 1. The lowest BCUT2D eigenvalue weighted by molar-refractivity contribution is 0.0297. The third-order valence-electron chi connectivity index (χ3n) is 2.50. The second kappa shape index (κ2) is 5.78. The first-order chi connectivity index (χ1) is 8.16. The third kappa shape index (κ3) is 3.39. The summed E-state index contributed by atoms with van der Waals surface area (Å²) in [6.45, 7) is 4.74. The van der Waals surface area contributed by atoms with Crippen molar-refractivity contribution in [2.75, 3.05) is 0 Å². The topological polar surface area (TPSA) is 35.2 Å². The smallest absolute Gasteiger partial charge is 0.107 e. The van der Waals surface area contributed by atoms with E-state index >= 15 is 0 Å². The van der Waals surface area contributed by atoms with Gasteiger partial charge in [-0.05, 0) is 37.4 Å². The Labute approximate surface area is 110 Å². The Morgan fingerprint density at radius 3 is 2.71 bits per heavy atom. The van der Waals surface area contributed by atoms with Crippen LogP contribution in [-0.2, 0) is 11.3 Å². The Balaban J connectivity index is 2.03. The van der Waals surface area contributed by atoms with Crippen molar-refractivity contribution in [2.45, 2.75) is 32.6 Å². The Morgan fingerprint density at radius 2 is 2.18 bits per heavy atom. The van der Waals surface area contributed by atoms with Crippen molar-refractivity contribution < 1.29 is 4.74 Å². The van der Waals surface area contributed by atoms with Crippen LogP contribution in [0.25, 0.3) is 0 Å². The van der Waals surface area contributed by atoms with Gasteiger partial charge in [-0.15, -0.1) is 22.7 Å². The largest absolute Gasteiger partial charge is 0.366 e. The van der Waals surface area contributed by atoms with Crippen molar-refractivity contribution in [3.63, 3.8) is 0 Å². The van der Waals surface area contributed by atoms with Gasteiger partial charge in [0.1, 0.15) is 6.10 Å². The van der Waals surface area contributed by atoms with Gasteiger partial charge in [-0.25, -0.2) is 0 Å². The van der Waals surface area contributed by atoms with E-state index < -0.39 is 0 Å². The van der Waals surface area contributed by atoms with Crippen molar-refractivity contribution in [1.29, 1.82) is 0 Å². The van der Waals surface area contributed by atoms with Gasteiger partial charge in [0, 0.05) is 20.7 Å². The third-order valence-corrected chi connectivity index (χ3v) is 4.42. The average molecular weight is 267 g/mol. The molecule has 17 heavy (non-hydrogen) atoms. The maximum Gasteiger partial charge on any atom is 0.107 e. The van der Waals surface area contributed by atoms with Gasteiger partial charge in [0.15, 0.2) is 0 Å². The van der Waals surface area contributed by atoms with Crippen molar-refractivity contribution in [3.8, 4) is 0 Å². The molecule has 2 aromatic heterocycles. The molecule has 4 heteroatoms. The van der Waals surface area contributed by atoms with Crippen molar-refractivity contribution in [3.05, 3.63) is 44.3 Å². The highest BCUT2D eigenvalue weighted by molar-refractivity contribution is 7.12. The van der Waals surface area contributed by atoms with Crippen LogP contribution in [0.5, 0.6) is 0 Å². The molecule has 0 bridgehead atoms. The number of aryl methyl sites for hydroxylation is 1. The molecule has 2 unspecified atom stereocenters. The van der Waals surface area contributed by atoms with Gasteiger partial charge < -0.3 is 10.5 Å². The fourth-order valence-corrected chi connectivity index (χ4v) is 3.33. The van der Waals surface area contributed by atoms with Gasteiger partial charge in [0.2, 0.25) is 0 Å². The van der Waals surface area contributed by atoms with E-state index in [1.165, 1.54) is 14.6 Å². The van der Waals surface area contributed by atoms with Gasteiger partial charge in [0.25, 0.3) is 0 Å². The highest BCUT2D eigenvalue weighted by atomic mass is 32.1. The van der Waals surface area contributed by atoms with Crippen LogP contribution in [0.2, 0.25) is 0 Å². The quantitative estimate of drug-likeness (QED) is 0.896. The summed E-state index contributed by atoms with van der Waals surface area (Å²) in [4.78, 5) is 3.75. The summed E-state index contributed by atoms with van der Waals surface area (Å²) in [5, 5.41) is 2.06. The summed E-state index contributed by atoms with van der Waals surface area (Å²) in [7, 11) is 0. The minimum Gasteiger partial charge on any atom is -0.366 e. The first kappa shape index (κ1) is 12.8. The molecular weight excluding hydrogens is 250 g/mol. The number of hydrogen-bond donors (Lipinski definition) is 1. The molecule has 0 amide bonds. The predicted octanol–water partition coefficient (Wildman–Crippen LogP) is 3.72. The summed E-state index contributed by atoms with van der Waals surface area (Å²) in [5.41, 5.74) is 6.00. The molecule has 2 N–H and O–H groups in total. The van der Waals surface area contributed by atoms with Gasteiger partial charge in [-0.2, -0.15) is 0 Å². The summed E-state index contributed by atoms with van der Waals surface area (Å²) >= 11 is 3.47. The van der Waals surface area contributed by atoms with Crippen LogP contribution in [0.1, 0.15) is 27.7 Å². The van der Waals surface area contributed by atoms with Crippen LogP contribution < -0.4 is 5.73 Å². The first-order valence-corrected chi connectivity index (χ1v) is 7.32. The molecule has 0 aromatic carbocycles. The summed E-state index contributed by atoms with van der Waals surface area (Å²) < 4.78 is 5.94. The summed E-state index contributed by atoms with van der Waals surface area (Å²) in [6, 6.07) is 8.36. The lowest BCUT2D eigenvalue weighted by Crippen LogP contribution is -2.26. The van der Waals surface area contributed by atoms with Crippen LogP contribution in [0.4, 0.5) is 0 Å². The van der Waals surface area contributed by atoms with Crippen LogP contribution in [-0.4, -0.2) is 6.04 Å². The normalized spacial score (nSPS) is 14.8. The fraction of sp³-hybridized carbons (Fsp3) is 0.385. The minimum atomic E-state index is -0.00389. The van der Waals surface area contributed by atoms with Crippen molar-refractivity contribution in [1.82, 2.24) is 0 Å². The maximum atomic E-state index is 6.00. The number of thiophene rings is 2. The number of nitrogens with two attached hydrogens (primary N) is 1. The van der Waals surface area contributed by atoms with E-state index in [2.05, 4.69) is 30.5 Å². The Morgan fingerprint density at radius 1 is 1.35 bits per heavy atom. The SMILES string of the molecule is Cc1ccc(C(OCc2cccs2)C(C)N)s1. The maximum absolute atomic E-state index is 6.00. The molecule has 0 fully saturated rings. The van der Waals surface area contributed by atoms with E-state index in [1.54, 1.807) is 22.7 Å². The number of hydrogen-bond acceptors (Lipinski definition) is 4. The van der Waals surface area contributed by atoms with Gasteiger partial charge >= 0.3 is 0 Å². The minimum absolute atomic E-state index is 0.00389. The molecule has 0 aliphatic heterocycles. The molecular formula is C13H17NOS2. The average Bonchev–Trinajstić information content (AvgIpc) is 2.90. The van der Waals surface area contributed by atoms with E-state index in [4.69, 9.17) is 10.5 Å². The van der Waals surface area contributed by atoms with E-state index in [1.807, 2.05) is 13.0 Å². The second-order valence-electron chi connectivity index (χ2n) is 4.12. The van der Waals surface area contributed by atoms with Crippen molar-refractivity contribution >= 4 is 22.7 Å². The molecule has 0 aliphatic carbocycles. The molecule has 2 aromatic rings. The van der Waals surface area contributed by atoms with Gasteiger partial charge in [-0.3, -0.25) is 0 Å². The summed E-state index contributed by atoms with van der Waals surface area (Å²) in [6.07, 6.45) is -0.00389. The first-order valence-electron chi connectivity index (χ1n) is 5.62. The van der Waals surface area contributed by atoms with Gasteiger partial charge in [0.05, 0.1) is 6.61 Å². The molecule has 2 heterocycles. The fourth-order valence-electron chi connectivity index (χ4n) is 1.67. The zero-order valence-electron chi connectivity index (χ0n) is 10.1. The Bertz CT molecular complexity index is 448. The highest BCUT2D eigenvalue weighted by Crippen LogP contribution is 2.28. The molecule has 0 radical (unpaired) electrons. The standard InChI is InChI=1S/C13H17NOS2/c1-9-5-6-12(17-9)13(10(2)14)15-8-11-4-3-7-16-11/h3-7,10,13H,8,14H2,1-2H3.